The molecular weight excluding hydrogens is 221 g/mol. The Morgan fingerprint density at radius 1 is 1.24 bits per heavy atom. The molecule has 0 unspecified atom stereocenters. The molecule has 0 radical (unpaired) electrons. The summed E-state index contributed by atoms with van der Waals surface area (Å²) in [6.45, 7) is 6.89. The van der Waals surface area contributed by atoms with E-state index in [1.54, 1.807) is 12.1 Å². The first kappa shape index (κ1) is 13.9. The van der Waals surface area contributed by atoms with Gasteiger partial charge in [-0.2, -0.15) is 0 Å². The first-order chi connectivity index (χ1) is 7.94. The van der Waals surface area contributed by atoms with E-state index in [1.165, 1.54) is 6.07 Å². The van der Waals surface area contributed by atoms with Gasteiger partial charge in [-0.15, -0.1) is 0 Å². The van der Waals surface area contributed by atoms with Crippen molar-refractivity contribution in [1.82, 2.24) is 0 Å². The van der Waals surface area contributed by atoms with Crippen LogP contribution in [0.3, 0.4) is 0 Å². The second kappa shape index (κ2) is 5.98. The highest BCUT2D eigenvalue weighted by Gasteiger charge is 2.11. The molecule has 0 fully saturated rings. The average Bonchev–Trinajstić information content (AvgIpc) is 2.23. The lowest BCUT2D eigenvalue weighted by Crippen LogP contribution is -2.22. The predicted molar refractivity (Wildman–Crippen MR) is 65.5 cm³/mol. The van der Waals surface area contributed by atoms with Crippen LogP contribution >= 0.6 is 0 Å². The van der Waals surface area contributed by atoms with Crippen LogP contribution in [0.15, 0.2) is 18.2 Å². The summed E-state index contributed by atoms with van der Waals surface area (Å²) in [5.74, 6) is 0.159. The molecule has 0 saturated carbocycles. The van der Waals surface area contributed by atoms with Gasteiger partial charge in [-0.25, -0.2) is 4.39 Å². The summed E-state index contributed by atoms with van der Waals surface area (Å²) in [6, 6.07) is 4.69. The molecule has 0 atom stereocenters. The number of hydrogen-bond acceptors (Lipinski definition) is 3. The van der Waals surface area contributed by atoms with Crippen molar-refractivity contribution in [2.45, 2.75) is 32.9 Å². The van der Waals surface area contributed by atoms with Gasteiger partial charge in [0.15, 0.2) is 0 Å². The van der Waals surface area contributed by atoms with Crippen LogP contribution in [0.2, 0.25) is 0 Å². The van der Waals surface area contributed by atoms with E-state index in [4.69, 9.17) is 15.2 Å². The fraction of sp³-hybridized carbons (Fsp3) is 0.538. The Kier molecular flexibility index (Phi) is 4.90. The first-order valence-corrected chi connectivity index (χ1v) is 5.68. The average molecular weight is 241 g/mol. The fourth-order valence-electron chi connectivity index (χ4n) is 1.37. The number of rotatable bonds is 5. The minimum atomic E-state index is -0.332. The Labute approximate surface area is 102 Å². The highest BCUT2D eigenvalue weighted by molar-refractivity contribution is 5.34. The second-order valence-corrected chi connectivity index (χ2v) is 4.73. The van der Waals surface area contributed by atoms with Gasteiger partial charge in [0.1, 0.15) is 18.2 Å². The van der Waals surface area contributed by atoms with Crippen molar-refractivity contribution in [3.63, 3.8) is 0 Å². The third kappa shape index (κ3) is 4.71. The van der Waals surface area contributed by atoms with Gasteiger partial charge in [0.2, 0.25) is 0 Å². The minimum Gasteiger partial charge on any atom is -0.491 e. The SMILES string of the molecule is CC(C)(C)OCCOc1cccc(F)c1CN. The number of ether oxygens (including phenoxy) is 2. The van der Waals surface area contributed by atoms with Crippen LogP contribution in [0.1, 0.15) is 26.3 Å². The van der Waals surface area contributed by atoms with E-state index in [1.807, 2.05) is 20.8 Å². The van der Waals surface area contributed by atoms with Crippen LogP contribution in [-0.4, -0.2) is 18.8 Å². The quantitative estimate of drug-likeness (QED) is 0.805. The van der Waals surface area contributed by atoms with Crippen LogP contribution < -0.4 is 10.5 Å². The van der Waals surface area contributed by atoms with Gasteiger partial charge in [0.05, 0.1) is 12.2 Å². The summed E-state index contributed by atoms with van der Waals surface area (Å²) in [5.41, 5.74) is 5.69. The zero-order chi connectivity index (χ0) is 12.9. The minimum absolute atomic E-state index is 0.127. The maximum atomic E-state index is 13.4. The van der Waals surface area contributed by atoms with E-state index < -0.39 is 0 Å². The van der Waals surface area contributed by atoms with Crippen LogP contribution in [-0.2, 0) is 11.3 Å². The smallest absolute Gasteiger partial charge is 0.131 e. The molecule has 2 N–H and O–H groups in total. The van der Waals surface area contributed by atoms with Crippen molar-refractivity contribution >= 4 is 0 Å². The Morgan fingerprint density at radius 3 is 2.53 bits per heavy atom. The maximum absolute atomic E-state index is 13.4. The van der Waals surface area contributed by atoms with E-state index >= 15 is 0 Å². The van der Waals surface area contributed by atoms with Crippen molar-refractivity contribution in [2.75, 3.05) is 13.2 Å². The van der Waals surface area contributed by atoms with E-state index in [9.17, 15) is 4.39 Å². The largest absolute Gasteiger partial charge is 0.491 e. The standard InChI is InChI=1S/C13H20FNO2/c1-13(2,3)17-8-7-16-12-6-4-5-11(14)10(12)9-15/h4-6H,7-9,15H2,1-3H3. The summed E-state index contributed by atoms with van der Waals surface area (Å²) in [7, 11) is 0. The highest BCUT2D eigenvalue weighted by atomic mass is 19.1. The summed E-state index contributed by atoms with van der Waals surface area (Å²) in [6.07, 6.45) is 0. The number of halogens is 1. The topological polar surface area (TPSA) is 44.5 Å². The van der Waals surface area contributed by atoms with E-state index in [0.717, 1.165) is 0 Å². The van der Waals surface area contributed by atoms with Crippen molar-refractivity contribution < 1.29 is 13.9 Å². The third-order valence-corrected chi connectivity index (χ3v) is 2.16. The van der Waals surface area contributed by atoms with Gasteiger partial charge in [0, 0.05) is 12.1 Å². The molecule has 0 bridgehead atoms. The van der Waals surface area contributed by atoms with Gasteiger partial charge in [-0.05, 0) is 32.9 Å². The molecule has 1 rings (SSSR count). The van der Waals surface area contributed by atoms with Crippen LogP contribution in [0, 0.1) is 5.82 Å². The molecule has 4 heteroatoms. The molecule has 0 amide bonds. The number of benzene rings is 1. The van der Waals surface area contributed by atoms with Gasteiger partial charge < -0.3 is 15.2 Å². The van der Waals surface area contributed by atoms with E-state index in [0.29, 0.717) is 24.5 Å². The third-order valence-electron chi connectivity index (χ3n) is 2.16. The summed E-state index contributed by atoms with van der Waals surface area (Å²) < 4.78 is 24.3. The van der Waals surface area contributed by atoms with Crippen LogP contribution in [0.25, 0.3) is 0 Å². The molecule has 0 spiro atoms. The molecule has 1 aromatic rings. The van der Waals surface area contributed by atoms with Gasteiger partial charge >= 0.3 is 0 Å². The van der Waals surface area contributed by atoms with Gasteiger partial charge in [-0.1, -0.05) is 6.07 Å². The Bertz CT molecular complexity index is 361. The molecular formula is C13H20FNO2. The van der Waals surface area contributed by atoms with Crippen molar-refractivity contribution in [3.8, 4) is 5.75 Å². The monoisotopic (exact) mass is 241 g/mol. The summed E-state index contributed by atoms with van der Waals surface area (Å²) in [4.78, 5) is 0. The summed E-state index contributed by atoms with van der Waals surface area (Å²) in [5, 5.41) is 0. The number of nitrogens with two attached hydrogens (primary N) is 1. The fourth-order valence-corrected chi connectivity index (χ4v) is 1.37. The van der Waals surface area contributed by atoms with Crippen LogP contribution in [0.4, 0.5) is 4.39 Å². The molecule has 0 aliphatic heterocycles. The molecule has 96 valence electrons. The lowest BCUT2D eigenvalue weighted by atomic mass is 10.2. The van der Waals surface area contributed by atoms with Gasteiger partial charge in [-0.3, -0.25) is 0 Å². The van der Waals surface area contributed by atoms with Crippen LogP contribution in [0.5, 0.6) is 5.75 Å². The summed E-state index contributed by atoms with van der Waals surface area (Å²) >= 11 is 0. The van der Waals surface area contributed by atoms with Crippen molar-refractivity contribution in [2.24, 2.45) is 5.73 Å². The second-order valence-electron chi connectivity index (χ2n) is 4.73. The maximum Gasteiger partial charge on any atom is 0.131 e. The molecule has 0 heterocycles. The first-order valence-electron chi connectivity index (χ1n) is 5.68. The lowest BCUT2D eigenvalue weighted by Gasteiger charge is -2.20. The lowest BCUT2D eigenvalue weighted by molar-refractivity contribution is -0.0164. The van der Waals surface area contributed by atoms with E-state index in [-0.39, 0.29) is 18.0 Å². The molecule has 0 aliphatic rings. The zero-order valence-electron chi connectivity index (χ0n) is 10.6. The molecule has 0 saturated heterocycles. The zero-order valence-corrected chi connectivity index (χ0v) is 10.6. The Balaban J connectivity index is 2.49. The molecule has 0 aromatic heterocycles. The van der Waals surface area contributed by atoms with Crippen molar-refractivity contribution in [3.05, 3.63) is 29.6 Å². The Hall–Kier alpha value is -1.13. The molecule has 17 heavy (non-hydrogen) atoms. The Morgan fingerprint density at radius 2 is 1.94 bits per heavy atom. The normalized spacial score (nSPS) is 11.6. The van der Waals surface area contributed by atoms with E-state index in [2.05, 4.69) is 0 Å². The van der Waals surface area contributed by atoms with Crippen molar-refractivity contribution in [1.29, 1.82) is 0 Å². The number of hydrogen-bond donors (Lipinski definition) is 1. The van der Waals surface area contributed by atoms with Gasteiger partial charge in [0.25, 0.3) is 0 Å². The molecule has 3 nitrogen and oxygen atoms in total. The molecule has 0 aliphatic carbocycles. The molecule has 1 aromatic carbocycles. The highest BCUT2D eigenvalue weighted by Crippen LogP contribution is 2.20. The predicted octanol–water partition coefficient (Wildman–Crippen LogP) is 2.48.